The Hall–Kier alpha value is -2.66. The van der Waals surface area contributed by atoms with Crippen LogP contribution in [0.5, 0.6) is 0 Å². The van der Waals surface area contributed by atoms with Crippen LogP contribution in [0, 0.1) is 11.7 Å². The Morgan fingerprint density at radius 1 is 1.16 bits per heavy atom. The van der Waals surface area contributed by atoms with Crippen molar-refractivity contribution < 1.29 is 9.18 Å². The number of hydrogen-bond acceptors (Lipinski definition) is 4. The number of benzene rings is 2. The Morgan fingerprint density at radius 2 is 1.90 bits per heavy atom. The Balaban J connectivity index is 1.33. The van der Waals surface area contributed by atoms with Crippen molar-refractivity contribution in [1.82, 2.24) is 10.2 Å². The van der Waals surface area contributed by atoms with E-state index >= 15 is 0 Å². The molecular weight excluding hydrogens is 389 g/mol. The smallest absolute Gasteiger partial charge is 0.159 e. The summed E-state index contributed by atoms with van der Waals surface area (Å²) in [5, 5.41) is 6.82. The highest BCUT2D eigenvalue weighted by molar-refractivity contribution is 5.94. The van der Waals surface area contributed by atoms with Gasteiger partial charge in [-0.05, 0) is 101 Å². The number of likely N-dealkylation sites (tertiary alicyclic amines) is 1. The molecule has 0 saturated carbocycles. The molecule has 31 heavy (non-hydrogen) atoms. The van der Waals surface area contributed by atoms with Gasteiger partial charge in [-0.3, -0.25) is 4.79 Å². The van der Waals surface area contributed by atoms with Crippen LogP contribution in [0.2, 0.25) is 0 Å². The van der Waals surface area contributed by atoms with Crippen molar-refractivity contribution in [3.63, 3.8) is 0 Å². The maximum atomic E-state index is 13.1. The highest BCUT2D eigenvalue weighted by Crippen LogP contribution is 2.22. The predicted octanol–water partition coefficient (Wildman–Crippen LogP) is 5.24. The lowest BCUT2D eigenvalue weighted by Crippen LogP contribution is -2.36. The molecule has 0 radical (unpaired) electrons. The number of Topliss-reactive ketones (excluding diaryl/α,β-unsaturated/α-hetero) is 1. The van der Waals surface area contributed by atoms with Gasteiger partial charge in [-0.25, -0.2) is 4.39 Å². The van der Waals surface area contributed by atoms with Gasteiger partial charge < -0.3 is 15.5 Å². The van der Waals surface area contributed by atoms with Crippen LogP contribution in [-0.2, 0) is 6.42 Å². The van der Waals surface area contributed by atoms with Crippen LogP contribution in [-0.4, -0.2) is 36.9 Å². The number of nitrogens with zero attached hydrogens (tertiary/aromatic N) is 1. The SMILES string of the molecule is C/C=C(\NCCCN1CCC(Cc2ccc(F)cc2)CC1)Nc1cccc(C(C)=O)c1. The molecule has 1 saturated heterocycles. The molecule has 0 atom stereocenters. The minimum absolute atomic E-state index is 0.0695. The largest absolute Gasteiger partial charge is 0.372 e. The van der Waals surface area contributed by atoms with E-state index in [4.69, 9.17) is 0 Å². The predicted molar refractivity (Wildman–Crippen MR) is 126 cm³/mol. The second-order valence-electron chi connectivity index (χ2n) is 8.36. The molecule has 1 fully saturated rings. The third-order valence-corrected chi connectivity index (χ3v) is 5.95. The lowest BCUT2D eigenvalue weighted by atomic mass is 9.90. The summed E-state index contributed by atoms with van der Waals surface area (Å²) in [6.07, 6.45) is 6.56. The van der Waals surface area contributed by atoms with Crippen molar-refractivity contribution in [3.05, 3.63) is 77.4 Å². The zero-order chi connectivity index (χ0) is 22.1. The first-order valence-electron chi connectivity index (χ1n) is 11.3. The molecule has 0 aromatic heterocycles. The topological polar surface area (TPSA) is 44.4 Å². The molecular formula is C26H34FN3O. The molecule has 4 nitrogen and oxygen atoms in total. The van der Waals surface area contributed by atoms with Crippen LogP contribution in [0.4, 0.5) is 10.1 Å². The molecule has 0 spiro atoms. The van der Waals surface area contributed by atoms with E-state index in [-0.39, 0.29) is 11.6 Å². The second-order valence-corrected chi connectivity index (χ2v) is 8.36. The molecule has 0 unspecified atom stereocenters. The first-order chi connectivity index (χ1) is 15.0. The third kappa shape index (κ3) is 7.51. The normalized spacial score (nSPS) is 15.6. The minimum Gasteiger partial charge on any atom is -0.372 e. The minimum atomic E-state index is -0.159. The first-order valence-corrected chi connectivity index (χ1v) is 11.3. The monoisotopic (exact) mass is 423 g/mol. The Kier molecular flexibility index (Phi) is 8.65. The van der Waals surface area contributed by atoms with E-state index in [2.05, 4.69) is 15.5 Å². The van der Waals surface area contributed by atoms with Gasteiger partial charge in [0.25, 0.3) is 0 Å². The van der Waals surface area contributed by atoms with Crippen molar-refractivity contribution in [2.24, 2.45) is 5.92 Å². The molecule has 0 aliphatic carbocycles. The highest BCUT2D eigenvalue weighted by Gasteiger charge is 2.19. The number of anilines is 1. The van der Waals surface area contributed by atoms with Crippen LogP contribution >= 0.6 is 0 Å². The molecule has 1 heterocycles. The molecule has 2 aromatic carbocycles. The zero-order valence-electron chi connectivity index (χ0n) is 18.7. The summed E-state index contributed by atoms with van der Waals surface area (Å²) in [7, 11) is 0. The summed E-state index contributed by atoms with van der Waals surface area (Å²) in [5.74, 6) is 1.57. The molecule has 0 amide bonds. The Bertz CT molecular complexity index is 870. The lowest BCUT2D eigenvalue weighted by Gasteiger charge is -2.32. The summed E-state index contributed by atoms with van der Waals surface area (Å²) in [6.45, 7) is 7.84. The fourth-order valence-corrected chi connectivity index (χ4v) is 4.08. The number of piperidine rings is 1. The van der Waals surface area contributed by atoms with Gasteiger partial charge >= 0.3 is 0 Å². The fourth-order valence-electron chi connectivity index (χ4n) is 4.08. The average Bonchev–Trinajstić information content (AvgIpc) is 2.78. The number of carbonyl (C=O) groups is 1. The molecule has 166 valence electrons. The van der Waals surface area contributed by atoms with Gasteiger partial charge in [-0.2, -0.15) is 0 Å². The quantitative estimate of drug-likeness (QED) is 0.405. The Morgan fingerprint density at radius 3 is 2.58 bits per heavy atom. The van der Waals surface area contributed by atoms with E-state index in [0.29, 0.717) is 11.5 Å². The van der Waals surface area contributed by atoms with Gasteiger partial charge in [0, 0.05) is 17.8 Å². The zero-order valence-corrected chi connectivity index (χ0v) is 18.7. The summed E-state index contributed by atoms with van der Waals surface area (Å²) in [6, 6.07) is 14.5. The van der Waals surface area contributed by atoms with E-state index < -0.39 is 0 Å². The molecule has 5 heteroatoms. The Labute approximate surface area is 185 Å². The molecule has 1 aliphatic heterocycles. The van der Waals surface area contributed by atoms with E-state index in [1.54, 1.807) is 19.1 Å². The third-order valence-electron chi connectivity index (χ3n) is 5.95. The summed E-state index contributed by atoms with van der Waals surface area (Å²) >= 11 is 0. The average molecular weight is 424 g/mol. The van der Waals surface area contributed by atoms with Gasteiger partial charge in [-0.1, -0.05) is 24.3 Å². The van der Waals surface area contributed by atoms with Crippen molar-refractivity contribution in [3.8, 4) is 0 Å². The number of hydrogen-bond donors (Lipinski definition) is 2. The number of carbonyl (C=O) groups excluding carboxylic acids is 1. The standard InChI is InChI=1S/C26H34FN3O/c1-3-26(29-25-7-4-6-23(19-25)20(2)31)28-14-5-15-30-16-12-22(13-17-30)18-21-8-10-24(27)11-9-21/h3-4,6-11,19,22,28-29H,5,12-18H2,1-2H3/b26-3+. The maximum Gasteiger partial charge on any atom is 0.159 e. The van der Waals surface area contributed by atoms with E-state index in [1.165, 1.54) is 18.4 Å². The fraction of sp³-hybridized carbons (Fsp3) is 0.423. The number of halogens is 1. The highest BCUT2D eigenvalue weighted by atomic mass is 19.1. The summed E-state index contributed by atoms with van der Waals surface area (Å²) < 4.78 is 13.1. The van der Waals surface area contributed by atoms with Gasteiger partial charge in [0.1, 0.15) is 5.82 Å². The number of allylic oxidation sites excluding steroid dienone is 1. The molecule has 3 rings (SSSR count). The second kappa shape index (κ2) is 11.7. The molecule has 1 aliphatic rings. The van der Waals surface area contributed by atoms with Crippen LogP contribution in [0.15, 0.2) is 60.4 Å². The van der Waals surface area contributed by atoms with Crippen molar-refractivity contribution >= 4 is 11.5 Å². The summed E-state index contributed by atoms with van der Waals surface area (Å²) in [4.78, 5) is 14.1. The van der Waals surface area contributed by atoms with Crippen molar-refractivity contribution in [2.45, 2.75) is 39.5 Å². The van der Waals surface area contributed by atoms with Crippen LogP contribution in [0.25, 0.3) is 0 Å². The van der Waals surface area contributed by atoms with Gasteiger partial charge in [0.2, 0.25) is 0 Å². The maximum absolute atomic E-state index is 13.1. The van der Waals surface area contributed by atoms with Crippen molar-refractivity contribution in [2.75, 3.05) is 31.5 Å². The lowest BCUT2D eigenvalue weighted by molar-refractivity contribution is 0.101. The number of nitrogens with one attached hydrogen (secondary N) is 2. The van der Waals surface area contributed by atoms with Crippen LogP contribution in [0.3, 0.4) is 0 Å². The molecule has 0 bridgehead atoms. The van der Waals surface area contributed by atoms with E-state index in [0.717, 1.165) is 50.5 Å². The van der Waals surface area contributed by atoms with E-state index in [1.807, 2.05) is 49.4 Å². The van der Waals surface area contributed by atoms with Crippen LogP contribution in [0.1, 0.15) is 49.0 Å². The van der Waals surface area contributed by atoms with Crippen LogP contribution < -0.4 is 10.6 Å². The number of ketones is 1. The molecule has 2 aromatic rings. The van der Waals surface area contributed by atoms with Gasteiger partial charge in [-0.15, -0.1) is 0 Å². The van der Waals surface area contributed by atoms with Gasteiger partial charge in [0.15, 0.2) is 5.78 Å². The summed E-state index contributed by atoms with van der Waals surface area (Å²) in [5.41, 5.74) is 2.86. The number of rotatable bonds is 10. The van der Waals surface area contributed by atoms with E-state index in [9.17, 15) is 9.18 Å². The van der Waals surface area contributed by atoms with Crippen molar-refractivity contribution in [1.29, 1.82) is 0 Å². The molecule has 2 N–H and O–H groups in total. The van der Waals surface area contributed by atoms with Gasteiger partial charge in [0.05, 0.1) is 5.82 Å². The first kappa shape index (κ1) is 23.0.